The molecule has 0 atom stereocenters. The van der Waals surface area contributed by atoms with E-state index >= 15 is 0 Å². The third kappa shape index (κ3) is 17.2. The predicted molar refractivity (Wildman–Crippen MR) is 139 cm³/mol. The van der Waals surface area contributed by atoms with Crippen LogP contribution in [-0.4, -0.2) is 14.1 Å². The van der Waals surface area contributed by atoms with Crippen LogP contribution >= 0.6 is 0 Å². The highest BCUT2D eigenvalue weighted by Gasteiger charge is 2.02. The summed E-state index contributed by atoms with van der Waals surface area (Å²) >= 11 is 0. The van der Waals surface area contributed by atoms with Crippen molar-refractivity contribution in [2.45, 2.75) is 142 Å². The topological polar surface area (TPSA) is 7.12 Å². The van der Waals surface area contributed by atoms with Crippen molar-refractivity contribution in [1.29, 1.82) is 0 Å². The second kappa shape index (κ2) is 20.8. The minimum Gasteiger partial charge on any atom is -0.377 e. The molecule has 0 saturated heterocycles. The van der Waals surface area contributed by atoms with Gasteiger partial charge in [0.15, 0.2) is 12.4 Å². The van der Waals surface area contributed by atoms with Crippen molar-refractivity contribution in [2.24, 2.45) is 0 Å². The summed E-state index contributed by atoms with van der Waals surface area (Å²) < 4.78 is 2.32. The number of aromatic nitrogens is 1. The molecule has 1 heterocycles. The summed E-state index contributed by atoms with van der Waals surface area (Å²) in [4.78, 5) is 2.16. The normalized spacial score (nSPS) is 11.2. The van der Waals surface area contributed by atoms with Gasteiger partial charge in [-0.3, -0.25) is 0 Å². The number of unbranched alkanes of at least 4 members (excludes halogenated alkanes) is 19. The van der Waals surface area contributed by atoms with E-state index in [4.69, 9.17) is 0 Å². The number of aryl methyl sites for hydroxylation is 1. The fraction of sp³-hybridized carbons (Fsp3) is 0.828. The Hall–Kier alpha value is -1.05. The van der Waals surface area contributed by atoms with Crippen LogP contribution in [0.15, 0.2) is 24.5 Å². The molecule has 31 heavy (non-hydrogen) atoms. The van der Waals surface area contributed by atoms with Gasteiger partial charge < -0.3 is 4.90 Å². The van der Waals surface area contributed by atoms with Gasteiger partial charge >= 0.3 is 0 Å². The number of pyridine rings is 1. The molecule has 1 rings (SSSR count). The number of nitrogens with zero attached hydrogens (tertiary/aromatic N) is 2. The summed E-state index contributed by atoms with van der Waals surface area (Å²) in [6.45, 7) is 3.46. The van der Waals surface area contributed by atoms with Crippen LogP contribution in [0.25, 0.3) is 0 Å². The maximum atomic E-state index is 2.32. The molecule has 0 aliphatic carbocycles. The molecule has 0 N–H and O–H groups in total. The van der Waals surface area contributed by atoms with Gasteiger partial charge in [0.25, 0.3) is 0 Å². The molecular weight excluding hydrogens is 376 g/mol. The van der Waals surface area contributed by atoms with Crippen molar-refractivity contribution in [2.75, 3.05) is 19.0 Å². The Bertz CT molecular complexity index is 480. The van der Waals surface area contributed by atoms with Gasteiger partial charge in [-0.2, -0.15) is 0 Å². The number of rotatable bonds is 22. The van der Waals surface area contributed by atoms with Crippen LogP contribution in [0.3, 0.4) is 0 Å². The zero-order valence-electron chi connectivity index (χ0n) is 21.6. The fourth-order valence-corrected chi connectivity index (χ4v) is 4.45. The first-order valence-electron chi connectivity index (χ1n) is 13.9. The second-order valence-electron chi connectivity index (χ2n) is 9.91. The molecular formula is C29H55N2+. The standard InChI is InChI=1S/C29H55N2/c1-4-5-6-7-8-9-10-11-12-13-14-15-16-17-18-19-20-21-22-23-26-31-27-24-29(25-28-31)30(2)3/h24-25,27-28H,4-23,26H2,1-3H3/q+1. The lowest BCUT2D eigenvalue weighted by Gasteiger charge is -2.10. The van der Waals surface area contributed by atoms with Gasteiger partial charge in [0.2, 0.25) is 0 Å². The quantitative estimate of drug-likeness (QED) is 0.131. The lowest BCUT2D eigenvalue weighted by molar-refractivity contribution is -0.697. The molecule has 0 aliphatic heterocycles. The molecule has 0 saturated carbocycles. The highest BCUT2D eigenvalue weighted by Crippen LogP contribution is 2.15. The van der Waals surface area contributed by atoms with Crippen LogP contribution in [0.1, 0.15) is 135 Å². The molecule has 0 amide bonds. The van der Waals surface area contributed by atoms with Crippen molar-refractivity contribution >= 4 is 5.69 Å². The summed E-state index contributed by atoms with van der Waals surface area (Å²) in [5, 5.41) is 0. The van der Waals surface area contributed by atoms with Crippen LogP contribution in [0.5, 0.6) is 0 Å². The molecule has 0 aliphatic rings. The van der Waals surface area contributed by atoms with Crippen molar-refractivity contribution in [3.8, 4) is 0 Å². The SMILES string of the molecule is CCCCCCCCCCCCCCCCCCCCCC[n+]1ccc(N(C)C)cc1. The summed E-state index contributed by atoms with van der Waals surface area (Å²) in [7, 11) is 4.19. The molecule has 0 radical (unpaired) electrons. The molecule has 0 bridgehead atoms. The third-order valence-corrected chi connectivity index (χ3v) is 6.66. The van der Waals surface area contributed by atoms with E-state index in [9.17, 15) is 0 Å². The van der Waals surface area contributed by atoms with Crippen LogP contribution < -0.4 is 9.47 Å². The molecule has 180 valence electrons. The van der Waals surface area contributed by atoms with Crippen molar-refractivity contribution in [3.63, 3.8) is 0 Å². The van der Waals surface area contributed by atoms with E-state index in [0.717, 1.165) is 6.54 Å². The summed E-state index contributed by atoms with van der Waals surface area (Å²) in [6.07, 6.45) is 33.4. The molecule has 2 heteroatoms. The van der Waals surface area contributed by atoms with Gasteiger partial charge in [-0.05, 0) is 6.42 Å². The molecule has 0 unspecified atom stereocenters. The Kier molecular flexibility index (Phi) is 18.8. The summed E-state index contributed by atoms with van der Waals surface area (Å²) in [5.74, 6) is 0. The van der Waals surface area contributed by atoms with Gasteiger partial charge in [0.1, 0.15) is 6.54 Å². The van der Waals surface area contributed by atoms with E-state index in [1.54, 1.807) is 0 Å². The van der Waals surface area contributed by atoms with Gasteiger partial charge in [0, 0.05) is 38.3 Å². The molecule has 1 aromatic rings. The molecule has 1 aromatic heterocycles. The van der Waals surface area contributed by atoms with Crippen molar-refractivity contribution < 1.29 is 4.57 Å². The van der Waals surface area contributed by atoms with Gasteiger partial charge in [-0.15, -0.1) is 0 Å². The van der Waals surface area contributed by atoms with E-state index in [1.807, 2.05) is 0 Å². The first kappa shape index (κ1) is 28.0. The van der Waals surface area contributed by atoms with E-state index in [1.165, 1.54) is 134 Å². The Morgan fingerprint density at radius 3 is 1.16 bits per heavy atom. The van der Waals surface area contributed by atoms with Gasteiger partial charge in [-0.1, -0.05) is 122 Å². The number of hydrogen-bond acceptors (Lipinski definition) is 1. The van der Waals surface area contributed by atoms with E-state index in [-0.39, 0.29) is 0 Å². The average Bonchev–Trinajstić information content (AvgIpc) is 2.78. The zero-order valence-corrected chi connectivity index (χ0v) is 21.6. The third-order valence-electron chi connectivity index (χ3n) is 6.66. The minimum atomic E-state index is 1.16. The Labute approximate surface area is 195 Å². The fourth-order valence-electron chi connectivity index (χ4n) is 4.45. The molecule has 0 spiro atoms. The van der Waals surface area contributed by atoms with E-state index < -0.39 is 0 Å². The summed E-state index contributed by atoms with van der Waals surface area (Å²) in [5.41, 5.74) is 1.28. The Morgan fingerprint density at radius 2 is 0.839 bits per heavy atom. The first-order chi connectivity index (χ1) is 15.2. The van der Waals surface area contributed by atoms with E-state index in [0.29, 0.717) is 0 Å². The Balaban J connectivity index is 1.74. The molecule has 0 aromatic carbocycles. The van der Waals surface area contributed by atoms with E-state index in [2.05, 4.69) is 55.0 Å². The van der Waals surface area contributed by atoms with Crippen molar-refractivity contribution in [1.82, 2.24) is 0 Å². The van der Waals surface area contributed by atoms with Gasteiger partial charge in [-0.25, -0.2) is 4.57 Å². The molecule has 0 fully saturated rings. The Morgan fingerprint density at radius 1 is 0.516 bits per heavy atom. The second-order valence-corrected chi connectivity index (χ2v) is 9.91. The van der Waals surface area contributed by atoms with Crippen LogP contribution in [0, 0.1) is 0 Å². The van der Waals surface area contributed by atoms with Crippen LogP contribution in [-0.2, 0) is 6.54 Å². The lowest BCUT2D eigenvalue weighted by atomic mass is 10.0. The highest BCUT2D eigenvalue weighted by molar-refractivity contribution is 5.41. The largest absolute Gasteiger partial charge is 0.377 e. The van der Waals surface area contributed by atoms with Crippen LogP contribution in [0.4, 0.5) is 5.69 Å². The lowest BCUT2D eigenvalue weighted by Crippen LogP contribution is -2.32. The maximum absolute atomic E-state index is 2.32. The van der Waals surface area contributed by atoms with Crippen LogP contribution in [0.2, 0.25) is 0 Å². The predicted octanol–water partition coefficient (Wildman–Crippen LogP) is 8.86. The minimum absolute atomic E-state index is 1.16. The molecule has 2 nitrogen and oxygen atoms in total. The average molecular weight is 432 g/mol. The first-order valence-corrected chi connectivity index (χ1v) is 13.9. The number of anilines is 1. The van der Waals surface area contributed by atoms with Gasteiger partial charge in [0.05, 0.1) is 0 Å². The maximum Gasteiger partial charge on any atom is 0.170 e. The highest BCUT2D eigenvalue weighted by atomic mass is 15.1. The summed E-state index contributed by atoms with van der Waals surface area (Å²) in [6, 6.07) is 4.41. The smallest absolute Gasteiger partial charge is 0.170 e. The number of hydrogen-bond donors (Lipinski definition) is 0. The van der Waals surface area contributed by atoms with Crippen molar-refractivity contribution in [3.05, 3.63) is 24.5 Å². The monoisotopic (exact) mass is 431 g/mol. The zero-order chi connectivity index (χ0) is 22.4.